The Morgan fingerprint density at radius 3 is 2.57 bits per heavy atom. The summed E-state index contributed by atoms with van der Waals surface area (Å²) in [5.41, 5.74) is 1.88. The lowest BCUT2D eigenvalue weighted by molar-refractivity contribution is 0.108. The van der Waals surface area contributed by atoms with Crippen molar-refractivity contribution in [3.8, 4) is 29.0 Å². The number of nitrogens with zero attached hydrogens (tertiary/aromatic N) is 5. The first kappa shape index (κ1) is 25.9. The Morgan fingerprint density at radius 1 is 1.05 bits per heavy atom. The van der Waals surface area contributed by atoms with E-state index in [1.807, 2.05) is 36.4 Å². The fourth-order valence-electron chi connectivity index (χ4n) is 7.87. The highest BCUT2D eigenvalue weighted by Crippen LogP contribution is 2.40. The number of halogens is 1. The van der Waals surface area contributed by atoms with Gasteiger partial charge in [-0.2, -0.15) is 15.8 Å². The Kier molecular flexibility index (Phi) is 6.31. The van der Waals surface area contributed by atoms with Crippen molar-refractivity contribution in [3.63, 3.8) is 0 Å². The van der Waals surface area contributed by atoms with E-state index >= 15 is 4.39 Å². The summed E-state index contributed by atoms with van der Waals surface area (Å²) in [6.45, 7) is 4.37. The van der Waals surface area contributed by atoms with Gasteiger partial charge in [-0.15, -0.1) is 0 Å². The van der Waals surface area contributed by atoms with Crippen molar-refractivity contribution in [1.82, 2.24) is 25.2 Å². The minimum atomic E-state index is -0.483. The minimum Gasteiger partial charge on any atom is -0.461 e. The largest absolute Gasteiger partial charge is 0.461 e. The average molecular weight is 558 g/mol. The first-order valence-electron chi connectivity index (χ1n) is 15.1. The molecule has 2 unspecified atom stereocenters. The molecule has 0 spiro atoms. The van der Waals surface area contributed by atoms with Crippen molar-refractivity contribution in [3.05, 3.63) is 54.0 Å². The molecule has 0 amide bonds. The molecule has 9 heteroatoms. The third-order valence-corrected chi connectivity index (χ3v) is 9.81. The summed E-state index contributed by atoms with van der Waals surface area (Å²) >= 11 is 0. The van der Waals surface area contributed by atoms with Crippen molar-refractivity contribution >= 4 is 35.3 Å². The van der Waals surface area contributed by atoms with Crippen LogP contribution in [0.4, 0.5) is 10.2 Å². The zero-order valence-corrected chi connectivity index (χ0v) is 23.6. The van der Waals surface area contributed by atoms with Gasteiger partial charge in [-0.25, -0.2) is 4.39 Å². The van der Waals surface area contributed by atoms with E-state index in [1.165, 1.54) is 12.8 Å². The van der Waals surface area contributed by atoms with Crippen LogP contribution >= 0.6 is 0 Å². The Balaban J connectivity index is 1.26. The summed E-state index contributed by atoms with van der Waals surface area (Å²) in [4.78, 5) is 19.2. The molecule has 42 heavy (non-hydrogen) atoms. The van der Waals surface area contributed by atoms with E-state index in [9.17, 15) is 0 Å². The van der Waals surface area contributed by atoms with Gasteiger partial charge >= 0.3 is 6.01 Å². The predicted molar refractivity (Wildman–Crippen MR) is 163 cm³/mol. The molecule has 2 aromatic heterocycles. The molecule has 4 aliphatic rings. The van der Waals surface area contributed by atoms with Gasteiger partial charge in [-0.3, -0.25) is 9.88 Å². The molecule has 0 aliphatic carbocycles. The van der Waals surface area contributed by atoms with Crippen LogP contribution in [0.1, 0.15) is 44.1 Å². The number of fused-ring (bicyclic) bond motifs is 5. The number of ether oxygens (including phenoxy) is 1. The number of nitrogens with one attached hydrogen (secondary N) is 1. The lowest BCUT2D eigenvalue weighted by Gasteiger charge is -2.34. The minimum absolute atomic E-state index is 0.0396. The average Bonchev–Trinajstić information content (AvgIpc) is 3.69. The van der Waals surface area contributed by atoms with E-state index in [1.54, 1.807) is 6.20 Å². The van der Waals surface area contributed by atoms with Gasteiger partial charge in [0.2, 0.25) is 0 Å². The van der Waals surface area contributed by atoms with Crippen LogP contribution in [0.5, 0.6) is 6.01 Å². The fraction of sp³-hybridized carbons (Fsp3) is 0.424. The molecular weight excluding hydrogens is 526 g/mol. The Bertz CT molecular complexity index is 1740. The van der Waals surface area contributed by atoms with Crippen LogP contribution in [-0.4, -0.2) is 78.1 Å². The maximum Gasteiger partial charge on any atom is 0.319 e. The second-order valence-electron chi connectivity index (χ2n) is 12.2. The van der Waals surface area contributed by atoms with E-state index < -0.39 is 5.82 Å². The zero-order valence-electron chi connectivity index (χ0n) is 23.6. The summed E-state index contributed by atoms with van der Waals surface area (Å²) in [5, 5.41) is 6.04. The second-order valence-corrected chi connectivity index (χ2v) is 12.2. The number of hydrogen-bond donors (Lipinski definition) is 1. The van der Waals surface area contributed by atoms with Gasteiger partial charge in [0.1, 0.15) is 23.6 Å². The molecule has 6 heterocycles. The topological polar surface area (TPSA) is 66.4 Å². The van der Waals surface area contributed by atoms with Crippen LogP contribution in [0.15, 0.2) is 42.6 Å². The lowest BCUT2D eigenvalue weighted by atomic mass is 9.95. The Labute approximate surface area is 246 Å². The standard InChI is InChI=1S/C33H32BFN6O/c34-14-11-22-6-1-5-21-7-2-8-25(27(21)22)29-28(35)30-26(17-36-29)31(40-18-23-9-10-24(19-40)37-23)39-32(38-30)42-20-33-12-3-15-41(33)16-4-13-33/h1-2,5-8,17,23-24,37H,3-4,9-10,12-13,15-16,18-20H2. The van der Waals surface area contributed by atoms with Crippen molar-refractivity contribution in [1.29, 1.82) is 0 Å². The van der Waals surface area contributed by atoms with Crippen molar-refractivity contribution in [2.24, 2.45) is 0 Å². The third kappa shape index (κ3) is 4.23. The van der Waals surface area contributed by atoms with Gasteiger partial charge in [0.15, 0.2) is 13.7 Å². The van der Waals surface area contributed by atoms with Crippen molar-refractivity contribution < 1.29 is 9.13 Å². The van der Waals surface area contributed by atoms with E-state index in [2.05, 4.69) is 26.9 Å². The molecule has 2 atom stereocenters. The second kappa shape index (κ2) is 10.2. The molecule has 4 saturated heterocycles. The first-order valence-corrected chi connectivity index (χ1v) is 15.1. The van der Waals surface area contributed by atoms with E-state index in [4.69, 9.17) is 27.5 Å². The molecule has 2 bridgehead atoms. The molecule has 1 N–H and O–H groups in total. The Hall–Kier alpha value is -3.74. The van der Waals surface area contributed by atoms with Crippen molar-refractivity contribution in [2.45, 2.75) is 56.1 Å². The molecule has 8 rings (SSSR count). The van der Waals surface area contributed by atoms with E-state index in [0.717, 1.165) is 68.2 Å². The van der Waals surface area contributed by atoms with Gasteiger partial charge < -0.3 is 15.0 Å². The third-order valence-electron chi connectivity index (χ3n) is 9.81. The molecule has 7 nitrogen and oxygen atoms in total. The van der Waals surface area contributed by atoms with Crippen LogP contribution in [0.2, 0.25) is 0 Å². The molecule has 4 aromatic rings. The Morgan fingerprint density at radius 2 is 1.81 bits per heavy atom. The molecule has 2 radical (unpaired) electrons. The van der Waals surface area contributed by atoms with Gasteiger partial charge in [-0.1, -0.05) is 36.3 Å². The number of anilines is 1. The van der Waals surface area contributed by atoms with E-state index in [-0.39, 0.29) is 22.8 Å². The quantitative estimate of drug-likeness (QED) is 0.288. The maximum atomic E-state index is 16.7. The highest BCUT2D eigenvalue weighted by atomic mass is 19.1. The van der Waals surface area contributed by atoms with Gasteiger partial charge in [-0.05, 0) is 63.1 Å². The molecule has 2 aromatic carbocycles. The SMILES string of the molecule is [B]C#Cc1cccc2cccc(-c3ncc4c(N5CC6CCC(C5)N6)nc(OCC56CCCN5CCC6)nc4c3F)c12. The summed E-state index contributed by atoms with van der Waals surface area (Å²) < 4.78 is 23.1. The molecule has 210 valence electrons. The number of benzene rings is 2. The normalized spacial score (nSPS) is 22.8. The van der Waals surface area contributed by atoms with E-state index in [0.29, 0.717) is 35.5 Å². The van der Waals surface area contributed by atoms with Crippen LogP contribution in [0.3, 0.4) is 0 Å². The smallest absolute Gasteiger partial charge is 0.319 e. The maximum absolute atomic E-state index is 16.7. The number of aromatic nitrogens is 3. The van der Waals surface area contributed by atoms with Crippen LogP contribution in [0, 0.1) is 17.6 Å². The van der Waals surface area contributed by atoms with Gasteiger partial charge in [0.25, 0.3) is 0 Å². The number of pyridine rings is 1. The monoisotopic (exact) mass is 558 g/mol. The van der Waals surface area contributed by atoms with Crippen LogP contribution in [0.25, 0.3) is 32.9 Å². The lowest BCUT2D eigenvalue weighted by Crippen LogP contribution is -2.51. The fourth-order valence-corrected chi connectivity index (χ4v) is 7.87. The summed E-state index contributed by atoms with van der Waals surface area (Å²) in [6.07, 6.45) is 8.60. The first-order chi connectivity index (χ1) is 20.6. The molecule has 4 aliphatic heterocycles. The van der Waals surface area contributed by atoms with Gasteiger partial charge in [0, 0.05) is 47.9 Å². The molecule has 4 fully saturated rings. The predicted octanol–water partition coefficient (Wildman–Crippen LogP) is 4.41. The number of piperazine rings is 1. The van der Waals surface area contributed by atoms with Crippen LogP contribution < -0.4 is 15.0 Å². The molecule has 0 saturated carbocycles. The summed E-state index contributed by atoms with van der Waals surface area (Å²) in [7, 11) is 5.58. The number of rotatable bonds is 5. The van der Waals surface area contributed by atoms with Crippen molar-refractivity contribution in [2.75, 3.05) is 37.7 Å². The van der Waals surface area contributed by atoms with Crippen LogP contribution in [-0.2, 0) is 0 Å². The zero-order chi connectivity index (χ0) is 28.3. The van der Waals surface area contributed by atoms with Gasteiger partial charge in [0.05, 0.1) is 10.9 Å². The summed E-state index contributed by atoms with van der Waals surface area (Å²) in [5.74, 6) is 5.69. The highest BCUT2D eigenvalue weighted by Gasteiger charge is 2.45. The highest BCUT2D eigenvalue weighted by molar-refractivity contribution is 6.22. The molecular formula is C33H32BFN6O. The summed E-state index contributed by atoms with van der Waals surface area (Å²) in [6, 6.07) is 12.6. The number of hydrogen-bond acceptors (Lipinski definition) is 7.